The molecule has 0 saturated heterocycles. The van der Waals surface area contributed by atoms with Crippen LogP contribution in [0.3, 0.4) is 0 Å². The lowest BCUT2D eigenvalue weighted by atomic mass is 10.1. The second-order valence-electron chi connectivity index (χ2n) is 4.99. The molecule has 0 saturated carbocycles. The molecule has 23 heavy (non-hydrogen) atoms. The van der Waals surface area contributed by atoms with Gasteiger partial charge in [0, 0.05) is 19.3 Å². The van der Waals surface area contributed by atoms with Crippen LogP contribution in [0, 0.1) is 5.82 Å². The lowest BCUT2D eigenvalue weighted by Crippen LogP contribution is -2.38. The number of pyridine rings is 1. The zero-order valence-electron chi connectivity index (χ0n) is 13.0. The third-order valence-corrected chi connectivity index (χ3v) is 3.40. The smallest absolute Gasteiger partial charge is 0.191 e. The van der Waals surface area contributed by atoms with Crippen molar-refractivity contribution in [2.45, 2.75) is 19.9 Å². The Kier molecular flexibility index (Phi) is 6.81. The molecule has 0 aliphatic heterocycles. The van der Waals surface area contributed by atoms with Crippen molar-refractivity contribution >= 4 is 17.6 Å². The van der Waals surface area contributed by atoms with Crippen molar-refractivity contribution in [3.8, 4) is 0 Å². The molecule has 2 aromatic rings. The quantitative estimate of drug-likeness (QED) is 0.484. The zero-order chi connectivity index (χ0) is 16.5. The standard InChI is InChI=1S/C17H20ClFN4/c1-2-20-17(23-12-14-5-8-16(18)22-11-14)21-10-9-13-3-6-15(19)7-4-13/h3-8,11H,2,9-10,12H2,1H3,(H2,20,21,23). The molecule has 0 amide bonds. The van der Waals surface area contributed by atoms with E-state index in [2.05, 4.69) is 20.6 Å². The third-order valence-electron chi connectivity index (χ3n) is 3.17. The summed E-state index contributed by atoms with van der Waals surface area (Å²) in [6, 6.07) is 10.2. The van der Waals surface area contributed by atoms with Crippen molar-refractivity contribution in [3.63, 3.8) is 0 Å². The van der Waals surface area contributed by atoms with Crippen molar-refractivity contribution < 1.29 is 4.39 Å². The summed E-state index contributed by atoms with van der Waals surface area (Å²) in [6.07, 6.45) is 2.51. The Morgan fingerprint density at radius 3 is 2.52 bits per heavy atom. The molecule has 0 radical (unpaired) electrons. The first-order valence-corrected chi connectivity index (χ1v) is 7.92. The number of benzene rings is 1. The van der Waals surface area contributed by atoms with Crippen molar-refractivity contribution in [3.05, 3.63) is 64.7 Å². The molecule has 6 heteroatoms. The summed E-state index contributed by atoms with van der Waals surface area (Å²) in [4.78, 5) is 8.55. The van der Waals surface area contributed by atoms with Gasteiger partial charge < -0.3 is 10.6 Å². The first-order valence-electron chi connectivity index (χ1n) is 7.54. The van der Waals surface area contributed by atoms with Crippen LogP contribution in [-0.4, -0.2) is 24.0 Å². The van der Waals surface area contributed by atoms with Gasteiger partial charge in [0.2, 0.25) is 0 Å². The summed E-state index contributed by atoms with van der Waals surface area (Å²) in [6.45, 7) is 4.04. The Labute approximate surface area is 140 Å². The van der Waals surface area contributed by atoms with Crippen molar-refractivity contribution in [2.24, 2.45) is 4.99 Å². The molecule has 0 aliphatic carbocycles. The SMILES string of the molecule is CCNC(=NCc1ccc(Cl)nc1)NCCc1ccc(F)cc1. The van der Waals surface area contributed by atoms with E-state index in [1.165, 1.54) is 12.1 Å². The molecule has 2 rings (SSSR count). The van der Waals surface area contributed by atoms with Crippen LogP contribution < -0.4 is 10.6 Å². The van der Waals surface area contributed by atoms with E-state index in [0.717, 1.165) is 36.6 Å². The van der Waals surface area contributed by atoms with Crippen molar-refractivity contribution in [1.29, 1.82) is 0 Å². The second kappa shape index (κ2) is 9.10. The molecule has 4 nitrogen and oxygen atoms in total. The van der Waals surface area contributed by atoms with E-state index < -0.39 is 0 Å². The fourth-order valence-corrected chi connectivity index (χ4v) is 2.10. The molecule has 0 unspecified atom stereocenters. The molecule has 1 aromatic heterocycles. The summed E-state index contributed by atoms with van der Waals surface area (Å²) >= 11 is 5.77. The maximum Gasteiger partial charge on any atom is 0.191 e. The highest BCUT2D eigenvalue weighted by atomic mass is 35.5. The van der Waals surface area contributed by atoms with Gasteiger partial charge in [0.25, 0.3) is 0 Å². The number of nitrogens with one attached hydrogen (secondary N) is 2. The first-order chi connectivity index (χ1) is 11.2. The van der Waals surface area contributed by atoms with Gasteiger partial charge in [0.1, 0.15) is 11.0 Å². The lowest BCUT2D eigenvalue weighted by molar-refractivity contribution is 0.626. The van der Waals surface area contributed by atoms with Crippen molar-refractivity contribution in [2.75, 3.05) is 13.1 Å². The zero-order valence-corrected chi connectivity index (χ0v) is 13.8. The van der Waals surface area contributed by atoms with E-state index in [1.54, 1.807) is 24.4 Å². The Balaban J connectivity index is 1.86. The summed E-state index contributed by atoms with van der Waals surface area (Å²) in [5, 5.41) is 6.93. The number of guanidine groups is 1. The summed E-state index contributed by atoms with van der Waals surface area (Å²) in [7, 11) is 0. The van der Waals surface area contributed by atoms with Crippen LogP contribution in [0.4, 0.5) is 4.39 Å². The van der Waals surface area contributed by atoms with Gasteiger partial charge in [0.15, 0.2) is 5.96 Å². The number of aliphatic imine (C=N–C) groups is 1. The minimum Gasteiger partial charge on any atom is -0.357 e. The van der Waals surface area contributed by atoms with Gasteiger partial charge in [-0.2, -0.15) is 0 Å². The molecule has 2 N–H and O–H groups in total. The van der Waals surface area contributed by atoms with Crippen LogP contribution in [0.25, 0.3) is 0 Å². The Bertz CT molecular complexity index is 626. The van der Waals surface area contributed by atoms with E-state index in [0.29, 0.717) is 11.7 Å². The highest BCUT2D eigenvalue weighted by Crippen LogP contribution is 2.06. The molecule has 1 heterocycles. The minimum absolute atomic E-state index is 0.215. The molecule has 0 atom stereocenters. The van der Waals surface area contributed by atoms with Crippen LogP contribution in [0.2, 0.25) is 5.15 Å². The van der Waals surface area contributed by atoms with E-state index in [4.69, 9.17) is 11.6 Å². The van der Waals surface area contributed by atoms with Gasteiger partial charge in [-0.1, -0.05) is 29.8 Å². The molecular formula is C17H20ClFN4. The van der Waals surface area contributed by atoms with Gasteiger partial charge in [-0.25, -0.2) is 14.4 Å². The Hall–Kier alpha value is -2.14. The predicted octanol–water partition coefficient (Wildman–Crippen LogP) is 3.17. The lowest BCUT2D eigenvalue weighted by Gasteiger charge is -2.11. The molecule has 0 fully saturated rings. The number of aromatic nitrogens is 1. The number of hydrogen-bond donors (Lipinski definition) is 2. The summed E-state index contributed by atoms with van der Waals surface area (Å²) in [5.41, 5.74) is 2.07. The summed E-state index contributed by atoms with van der Waals surface area (Å²) in [5.74, 6) is 0.526. The minimum atomic E-state index is -0.215. The normalized spacial score (nSPS) is 11.3. The number of hydrogen-bond acceptors (Lipinski definition) is 2. The topological polar surface area (TPSA) is 49.3 Å². The fraction of sp³-hybridized carbons (Fsp3) is 0.294. The van der Waals surface area contributed by atoms with Gasteiger partial charge in [-0.15, -0.1) is 0 Å². The molecule has 0 aliphatic rings. The maximum atomic E-state index is 12.9. The molecule has 0 spiro atoms. The number of nitrogens with zero attached hydrogens (tertiary/aromatic N) is 2. The highest BCUT2D eigenvalue weighted by molar-refractivity contribution is 6.29. The van der Waals surface area contributed by atoms with Crippen LogP contribution >= 0.6 is 11.6 Å². The molecular weight excluding hydrogens is 315 g/mol. The number of rotatable bonds is 6. The molecule has 0 bridgehead atoms. The molecule has 122 valence electrons. The van der Waals surface area contributed by atoms with Gasteiger partial charge in [0.05, 0.1) is 6.54 Å². The van der Waals surface area contributed by atoms with E-state index in [-0.39, 0.29) is 5.82 Å². The molecule has 1 aromatic carbocycles. The van der Waals surface area contributed by atoms with Crippen molar-refractivity contribution in [1.82, 2.24) is 15.6 Å². The maximum absolute atomic E-state index is 12.9. The van der Waals surface area contributed by atoms with Gasteiger partial charge >= 0.3 is 0 Å². The van der Waals surface area contributed by atoms with E-state index in [9.17, 15) is 4.39 Å². The predicted molar refractivity (Wildman–Crippen MR) is 92.2 cm³/mol. The van der Waals surface area contributed by atoms with Crippen LogP contribution in [0.5, 0.6) is 0 Å². The Morgan fingerprint density at radius 1 is 1.13 bits per heavy atom. The number of halogens is 2. The van der Waals surface area contributed by atoms with Crippen LogP contribution in [0.15, 0.2) is 47.6 Å². The largest absolute Gasteiger partial charge is 0.357 e. The van der Waals surface area contributed by atoms with Gasteiger partial charge in [-0.05, 0) is 42.7 Å². The third kappa shape index (κ3) is 6.24. The van der Waals surface area contributed by atoms with E-state index >= 15 is 0 Å². The Morgan fingerprint density at radius 2 is 1.87 bits per heavy atom. The highest BCUT2D eigenvalue weighted by Gasteiger charge is 1.99. The van der Waals surface area contributed by atoms with E-state index in [1.807, 2.05) is 13.0 Å². The average molecular weight is 335 g/mol. The monoisotopic (exact) mass is 334 g/mol. The van der Waals surface area contributed by atoms with Crippen LogP contribution in [-0.2, 0) is 13.0 Å². The first kappa shape index (κ1) is 17.2. The average Bonchev–Trinajstić information content (AvgIpc) is 2.56. The second-order valence-corrected chi connectivity index (χ2v) is 5.37. The van der Waals surface area contributed by atoms with Gasteiger partial charge in [-0.3, -0.25) is 0 Å². The summed E-state index contributed by atoms with van der Waals surface area (Å²) < 4.78 is 12.9. The fourth-order valence-electron chi connectivity index (χ4n) is 1.99. The van der Waals surface area contributed by atoms with Crippen LogP contribution in [0.1, 0.15) is 18.1 Å².